The lowest BCUT2D eigenvalue weighted by molar-refractivity contribution is 0.180. The van der Waals surface area contributed by atoms with Gasteiger partial charge < -0.3 is 15.7 Å². The summed E-state index contributed by atoms with van der Waals surface area (Å²) < 4.78 is 2.05. The Balaban J connectivity index is 0.00000280. The molecule has 2 atom stereocenters. The van der Waals surface area contributed by atoms with Crippen molar-refractivity contribution in [3.63, 3.8) is 0 Å². The zero-order valence-electron chi connectivity index (χ0n) is 17.1. The molecule has 0 saturated heterocycles. The van der Waals surface area contributed by atoms with E-state index in [0.717, 1.165) is 30.8 Å². The number of aliphatic imine (C=N–C) groups is 1. The number of hydrogen-bond donors (Lipinski definition) is 3. The minimum absolute atomic E-state index is 0. The van der Waals surface area contributed by atoms with Crippen LogP contribution in [0.25, 0.3) is 0 Å². The number of fused-ring (bicyclic) bond motifs is 1. The van der Waals surface area contributed by atoms with Crippen LogP contribution in [0, 0.1) is 6.92 Å². The maximum Gasteiger partial charge on any atom is 0.191 e. The van der Waals surface area contributed by atoms with Gasteiger partial charge in [0.1, 0.15) is 0 Å². The van der Waals surface area contributed by atoms with E-state index in [4.69, 9.17) is 5.10 Å². The van der Waals surface area contributed by atoms with Gasteiger partial charge in [0, 0.05) is 38.3 Å². The summed E-state index contributed by atoms with van der Waals surface area (Å²) in [7, 11) is 1.76. The number of benzene rings is 1. The highest BCUT2D eigenvalue weighted by Crippen LogP contribution is 2.21. The molecule has 0 radical (unpaired) electrons. The molecule has 1 aromatic heterocycles. The summed E-state index contributed by atoms with van der Waals surface area (Å²) in [6, 6.07) is 8.65. The molecule has 1 aromatic carbocycles. The molecule has 1 aliphatic rings. The monoisotopic (exact) mass is 497 g/mol. The van der Waals surface area contributed by atoms with Crippen molar-refractivity contribution in [3.8, 4) is 0 Å². The molecule has 0 spiro atoms. The highest BCUT2D eigenvalue weighted by molar-refractivity contribution is 14.0. The zero-order chi connectivity index (χ0) is 19.4. The van der Waals surface area contributed by atoms with E-state index in [1.54, 1.807) is 7.05 Å². The minimum atomic E-state index is -0.566. The van der Waals surface area contributed by atoms with Crippen molar-refractivity contribution < 1.29 is 5.11 Å². The van der Waals surface area contributed by atoms with E-state index in [9.17, 15) is 5.11 Å². The molecule has 0 bridgehead atoms. The minimum Gasteiger partial charge on any atom is -0.387 e. The average molecular weight is 497 g/mol. The average Bonchev–Trinajstić information content (AvgIpc) is 3.09. The molecule has 1 heterocycles. The molecule has 0 amide bonds. The predicted molar refractivity (Wildman–Crippen MR) is 124 cm³/mol. The quantitative estimate of drug-likeness (QED) is 0.337. The van der Waals surface area contributed by atoms with E-state index >= 15 is 0 Å². The van der Waals surface area contributed by atoms with Crippen LogP contribution in [0.2, 0.25) is 0 Å². The highest BCUT2D eigenvalue weighted by Gasteiger charge is 2.23. The fraction of sp³-hybridized carbons (Fsp3) is 0.524. The van der Waals surface area contributed by atoms with Gasteiger partial charge in [0.2, 0.25) is 0 Å². The Hall–Kier alpha value is -1.61. The van der Waals surface area contributed by atoms with E-state index in [1.165, 1.54) is 16.8 Å². The van der Waals surface area contributed by atoms with Gasteiger partial charge in [0.05, 0.1) is 11.8 Å². The molecule has 6 nitrogen and oxygen atoms in total. The third-order valence-corrected chi connectivity index (χ3v) is 5.12. The van der Waals surface area contributed by atoms with Gasteiger partial charge >= 0.3 is 0 Å². The van der Waals surface area contributed by atoms with Crippen molar-refractivity contribution in [2.75, 3.05) is 13.6 Å². The van der Waals surface area contributed by atoms with Crippen LogP contribution in [0.5, 0.6) is 0 Å². The molecular weight excluding hydrogens is 465 g/mol. The van der Waals surface area contributed by atoms with Crippen LogP contribution < -0.4 is 10.6 Å². The first-order chi connectivity index (χ1) is 13.0. The summed E-state index contributed by atoms with van der Waals surface area (Å²) in [5.41, 5.74) is 4.64. The number of aryl methyl sites for hydroxylation is 2. The smallest absolute Gasteiger partial charge is 0.191 e. The van der Waals surface area contributed by atoms with Crippen LogP contribution in [-0.4, -0.2) is 40.5 Å². The normalized spacial score (nSPS) is 17.6. The third kappa shape index (κ3) is 5.70. The number of nitrogens with zero attached hydrogens (tertiary/aromatic N) is 3. The number of aromatic nitrogens is 2. The van der Waals surface area contributed by atoms with Crippen LogP contribution in [0.4, 0.5) is 0 Å². The van der Waals surface area contributed by atoms with Gasteiger partial charge in [-0.3, -0.25) is 9.67 Å². The van der Waals surface area contributed by atoms with Crippen molar-refractivity contribution >= 4 is 29.9 Å². The summed E-state index contributed by atoms with van der Waals surface area (Å²) in [5, 5.41) is 21.8. The lowest BCUT2D eigenvalue weighted by Crippen LogP contribution is -2.46. The van der Waals surface area contributed by atoms with Crippen LogP contribution in [0.3, 0.4) is 0 Å². The summed E-state index contributed by atoms with van der Waals surface area (Å²) in [5.74, 6) is 0.720. The van der Waals surface area contributed by atoms with E-state index in [1.807, 2.05) is 31.2 Å². The summed E-state index contributed by atoms with van der Waals surface area (Å²) >= 11 is 0. The topological polar surface area (TPSA) is 74.5 Å². The number of aliphatic hydroxyl groups is 1. The molecule has 7 heteroatoms. The van der Waals surface area contributed by atoms with Gasteiger partial charge in [-0.2, -0.15) is 5.10 Å². The first kappa shape index (κ1) is 22.7. The van der Waals surface area contributed by atoms with Crippen LogP contribution in [-0.2, 0) is 12.8 Å². The Labute approximate surface area is 184 Å². The molecule has 0 fully saturated rings. The van der Waals surface area contributed by atoms with Gasteiger partial charge in [-0.25, -0.2) is 0 Å². The largest absolute Gasteiger partial charge is 0.387 e. The van der Waals surface area contributed by atoms with Crippen LogP contribution in [0.1, 0.15) is 54.8 Å². The number of guanidine groups is 1. The number of hydrogen-bond acceptors (Lipinski definition) is 3. The molecule has 3 N–H and O–H groups in total. The Morgan fingerprint density at radius 1 is 1.32 bits per heavy atom. The van der Waals surface area contributed by atoms with E-state index in [2.05, 4.69) is 40.4 Å². The number of rotatable bonds is 5. The summed E-state index contributed by atoms with van der Waals surface area (Å²) in [6.45, 7) is 6.77. The Morgan fingerprint density at radius 3 is 2.68 bits per heavy atom. The summed E-state index contributed by atoms with van der Waals surface area (Å²) in [6.07, 6.45) is 4.60. The summed E-state index contributed by atoms with van der Waals surface area (Å²) in [4.78, 5) is 4.31. The molecule has 154 valence electrons. The molecule has 0 saturated carbocycles. The van der Waals surface area contributed by atoms with Gasteiger partial charge in [-0.15, -0.1) is 24.0 Å². The molecule has 2 aromatic rings. The molecule has 1 aliphatic carbocycles. The van der Waals surface area contributed by atoms with Crippen molar-refractivity contribution in [2.24, 2.45) is 4.99 Å². The van der Waals surface area contributed by atoms with Crippen LogP contribution >= 0.6 is 24.0 Å². The van der Waals surface area contributed by atoms with Crippen molar-refractivity contribution in [1.29, 1.82) is 0 Å². The second-order valence-electron chi connectivity index (χ2n) is 7.64. The first-order valence-corrected chi connectivity index (χ1v) is 9.75. The lowest BCUT2D eigenvalue weighted by atomic mass is 9.94. The van der Waals surface area contributed by atoms with Crippen molar-refractivity contribution in [3.05, 3.63) is 52.8 Å². The van der Waals surface area contributed by atoms with Gasteiger partial charge in [-0.05, 0) is 44.7 Å². The fourth-order valence-electron chi connectivity index (χ4n) is 3.39. The third-order valence-electron chi connectivity index (χ3n) is 5.12. The fourth-order valence-corrected chi connectivity index (χ4v) is 3.39. The second kappa shape index (κ2) is 10.2. The van der Waals surface area contributed by atoms with Crippen molar-refractivity contribution in [2.45, 2.75) is 58.2 Å². The SMILES string of the molecule is CN=C(NCC(O)c1ccc(C)cc1)NC1CCc2cn(C(C)C)nc2C1.I. The molecular formula is C21H32IN5O. The Kier molecular flexibility index (Phi) is 8.30. The number of aliphatic hydroxyl groups excluding tert-OH is 1. The van der Waals surface area contributed by atoms with Gasteiger partial charge in [-0.1, -0.05) is 29.8 Å². The number of halogens is 1. The van der Waals surface area contributed by atoms with Crippen molar-refractivity contribution in [1.82, 2.24) is 20.4 Å². The lowest BCUT2D eigenvalue weighted by Gasteiger charge is -2.25. The van der Waals surface area contributed by atoms with E-state index in [0.29, 0.717) is 18.6 Å². The Bertz CT molecular complexity index is 785. The van der Waals surface area contributed by atoms with Gasteiger partial charge in [0.25, 0.3) is 0 Å². The van der Waals surface area contributed by atoms with Gasteiger partial charge in [0.15, 0.2) is 5.96 Å². The maximum absolute atomic E-state index is 10.4. The Morgan fingerprint density at radius 2 is 2.04 bits per heavy atom. The molecule has 0 aliphatic heterocycles. The van der Waals surface area contributed by atoms with Crippen LogP contribution in [0.15, 0.2) is 35.5 Å². The van der Waals surface area contributed by atoms with E-state index in [-0.39, 0.29) is 24.0 Å². The molecule has 2 unspecified atom stereocenters. The predicted octanol–water partition coefficient (Wildman–Crippen LogP) is 3.15. The number of nitrogens with one attached hydrogen (secondary N) is 2. The molecule has 28 heavy (non-hydrogen) atoms. The maximum atomic E-state index is 10.4. The standard InChI is InChI=1S/C21H31N5O.HI/c1-14(2)26-13-17-9-10-18(11-19(17)25-26)24-21(22-4)23-12-20(27)16-7-5-15(3)6-8-16;/h5-8,13-14,18,20,27H,9-12H2,1-4H3,(H2,22,23,24);1H. The zero-order valence-corrected chi connectivity index (χ0v) is 19.5. The van der Waals surface area contributed by atoms with E-state index < -0.39 is 6.10 Å². The second-order valence-corrected chi connectivity index (χ2v) is 7.64. The highest BCUT2D eigenvalue weighted by atomic mass is 127. The first-order valence-electron chi connectivity index (χ1n) is 9.75. The molecule has 3 rings (SSSR count).